The molecule has 3 aromatic carbocycles. The first kappa shape index (κ1) is 24.9. The second-order valence-electron chi connectivity index (χ2n) is 8.96. The zero-order valence-electron chi connectivity index (χ0n) is 20.8. The summed E-state index contributed by atoms with van der Waals surface area (Å²) in [4.78, 5) is 32.4. The number of rotatable bonds is 9. The van der Waals surface area contributed by atoms with Gasteiger partial charge in [0.2, 0.25) is 5.91 Å². The monoisotopic (exact) mass is 477 g/mol. The third kappa shape index (κ3) is 6.66. The number of benzene rings is 3. The average molecular weight is 478 g/mol. The maximum atomic E-state index is 13.7. The Morgan fingerprint density at radius 2 is 1.61 bits per heavy atom. The van der Waals surface area contributed by atoms with E-state index in [4.69, 9.17) is 0 Å². The summed E-state index contributed by atoms with van der Waals surface area (Å²) >= 11 is 0. The molecule has 0 aliphatic heterocycles. The van der Waals surface area contributed by atoms with Gasteiger partial charge in [0, 0.05) is 36.1 Å². The molecule has 4 rings (SSSR count). The number of anilines is 1. The number of nitrogens with one attached hydrogen (secondary N) is 1. The van der Waals surface area contributed by atoms with Crippen molar-refractivity contribution < 1.29 is 9.59 Å². The van der Waals surface area contributed by atoms with Gasteiger partial charge in [0.25, 0.3) is 5.91 Å². The van der Waals surface area contributed by atoms with E-state index in [0.29, 0.717) is 25.1 Å². The van der Waals surface area contributed by atoms with Crippen LogP contribution in [-0.2, 0) is 24.2 Å². The zero-order chi connectivity index (χ0) is 25.3. The summed E-state index contributed by atoms with van der Waals surface area (Å²) in [5.74, 6) is -0.121. The molecule has 0 atom stereocenters. The molecule has 0 aliphatic rings. The van der Waals surface area contributed by atoms with Crippen LogP contribution >= 0.6 is 0 Å². The zero-order valence-corrected chi connectivity index (χ0v) is 20.8. The lowest BCUT2D eigenvalue weighted by atomic mass is 10.0. The molecular weight excluding hydrogens is 446 g/mol. The molecule has 5 heteroatoms. The number of carbonyl (C=O) groups is 2. The van der Waals surface area contributed by atoms with Crippen LogP contribution in [0.25, 0.3) is 0 Å². The minimum atomic E-state index is -0.0642. The van der Waals surface area contributed by atoms with Crippen molar-refractivity contribution in [2.45, 2.75) is 33.2 Å². The molecule has 1 aromatic heterocycles. The van der Waals surface area contributed by atoms with Gasteiger partial charge in [-0.05, 0) is 60.9 Å². The molecule has 0 radical (unpaired) electrons. The topological polar surface area (TPSA) is 62.3 Å². The van der Waals surface area contributed by atoms with Gasteiger partial charge in [0.15, 0.2) is 0 Å². The van der Waals surface area contributed by atoms with Crippen LogP contribution in [0.4, 0.5) is 5.69 Å². The van der Waals surface area contributed by atoms with Gasteiger partial charge >= 0.3 is 0 Å². The fourth-order valence-corrected chi connectivity index (χ4v) is 4.07. The van der Waals surface area contributed by atoms with E-state index >= 15 is 0 Å². The first-order chi connectivity index (χ1) is 17.5. The molecule has 0 unspecified atom stereocenters. The molecule has 5 nitrogen and oxygen atoms in total. The molecule has 0 fully saturated rings. The molecule has 182 valence electrons. The Morgan fingerprint density at radius 3 is 2.36 bits per heavy atom. The van der Waals surface area contributed by atoms with Crippen LogP contribution < -0.4 is 10.2 Å². The molecule has 0 spiro atoms. The lowest BCUT2D eigenvalue weighted by Gasteiger charge is -2.24. The molecule has 0 saturated heterocycles. The molecule has 0 bridgehead atoms. The number of amides is 2. The predicted molar refractivity (Wildman–Crippen MR) is 144 cm³/mol. The van der Waals surface area contributed by atoms with E-state index in [2.05, 4.69) is 22.4 Å². The fourth-order valence-electron chi connectivity index (χ4n) is 4.07. The number of hydrogen-bond donors (Lipinski definition) is 1. The van der Waals surface area contributed by atoms with Crippen LogP contribution in [0.5, 0.6) is 0 Å². The normalized spacial score (nSPS) is 10.6. The van der Waals surface area contributed by atoms with E-state index in [1.165, 1.54) is 5.56 Å². The van der Waals surface area contributed by atoms with Crippen LogP contribution in [0.1, 0.15) is 38.3 Å². The number of carbonyl (C=O) groups excluding carboxylic acids is 2. The molecule has 1 heterocycles. The van der Waals surface area contributed by atoms with Crippen molar-refractivity contribution in [1.29, 1.82) is 0 Å². The summed E-state index contributed by atoms with van der Waals surface area (Å²) in [6.07, 6.45) is 2.68. The molecule has 4 aromatic rings. The second-order valence-corrected chi connectivity index (χ2v) is 8.96. The lowest BCUT2D eigenvalue weighted by molar-refractivity contribution is -0.120. The minimum Gasteiger partial charge on any atom is -0.355 e. The molecule has 2 amide bonds. The van der Waals surface area contributed by atoms with Crippen LogP contribution in [-0.4, -0.2) is 23.3 Å². The number of nitrogens with zero attached hydrogens (tertiary/aromatic N) is 2. The Morgan fingerprint density at radius 1 is 0.833 bits per heavy atom. The van der Waals surface area contributed by atoms with Crippen LogP contribution in [0.2, 0.25) is 0 Å². The summed E-state index contributed by atoms with van der Waals surface area (Å²) < 4.78 is 0. The van der Waals surface area contributed by atoms with Gasteiger partial charge in [0.05, 0.1) is 13.0 Å². The summed E-state index contributed by atoms with van der Waals surface area (Å²) in [7, 11) is 0. The molecule has 0 saturated carbocycles. The van der Waals surface area contributed by atoms with E-state index in [-0.39, 0.29) is 18.2 Å². The Bertz CT molecular complexity index is 1320. The Labute approximate surface area is 212 Å². The molecule has 1 N–H and O–H groups in total. The summed E-state index contributed by atoms with van der Waals surface area (Å²) in [6.45, 7) is 4.96. The quantitative estimate of drug-likeness (QED) is 0.349. The Hall–Kier alpha value is -4.25. The Balaban J connectivity index is 1.51. The van der Waals surface area contributed by atoms with Crippen molar-refractivity contribution in [1.82, 2.24) is 10.3 Å². The molecular formula is C31H31N3O2. The SMILES string of the molecule is Cc1ccc(CN(C(=O)c2ccccc2C)c2cccc(CC(=O)NCCc3ccccn3)c2)cc1. The maximum Gasteiger partial charge on any atom is 0.258 e. The van der Waals surface area contributed by atoms with Gasteiger partial charge in [-0.25, -0.2) is 0 Å². The highest BCUT2D eigenvalue weighted by atomic mass is 16.2. The van der Waals surface area contributed by atoms with E-state index in [0.717, 1.165) is 28.1 Å². The van der Waals surface area contributed by atoms with Gasteiger partial charge in [-0.2, -0.15) is 0 Å². The first-order valence-corrected chi connectivity index (χ1v) is 12.2. The van der Waals surface area contributed by atoms with Crippen molar-refractivity contribution in [2.24, 2.45) is 0 Å². The first-order valence-electron chi connectivity index (χ1n) is 12.2. The standard InChI is InChI=1S/C31H31N3O2/c1-23-13-15-25(16-14-23)22-34(31(36)29-12-4-3-8-24(29)2)28-11-7-9-26(20-28)21-30(35)33-19-17-27-10-5-6-18-32-27/h3-16,18,20H,17,19,21-22H2,1-2H3,(H,33,35). The highest BCUT2D eigenvalue weighted by molar-refractivity contribution is 6.07. The summed E-state index contributed by atoms with van der Waals surface area (Å²) in [5, 5.41) is 2.97. The highest BCUT2D eigenvalue weighted by Crippen LogP contribution is 2.23. The van der Waals surface area contributed by atoms with Gasteiger partial charge in [-0.15, -0.1) is 0 Å². The average Bonchev–Trinajstić information content (AvgIpc) is 2.89. The minimum absolute atomic E-state index is 0.0570. The van der Waals surface area contributed by atoms with Crippen molar-refractivity contribution in [2.75, 3.05) is 11.4 Å². The number of pyridine rings is 1. The van der Waals surface area contributed by atoms with Crippen molar-refractivity contribution in [3.8, 4) is 0 Å². The van der Waals surface area contributed by atoms with Crippen LogP contribution in [0.15, 0.2) is 97.2 Å². The van der Waals surface area contributed by atoms with Gasteiger partial charge in [0.1, 0.15) is 0 Å². The second kappa shape index (κ2) is 11.9. The number of aromatic nitrogens is 1. The van der Waals surface area contributed by atoms with Crippen LogP contribution in [0, 0.1) is 13.8 Å². The van der Waals surface area contributed by atoms with Gasteiger partial charge in [-0.1, -0.05) is 66.2 Å². The largest absolute Gasteiger partial charge is 0.355 e. The number of aryl methyl sites for hydroxylation is 2. The maximum absolute atomic E-state index is 13.7. The van der Waals surface area contributed by atoms with Gasteiger partial charge in [-0.3, -0.25) is 14.6 Å². The summed E-state index contributed by atoms with van der Waals surface area (Å²) in [5.41, 5.74) is 6.38. The van der Waals surface area contributed by atoms with Gasteiger partial charge < -0.3 is 10.2 Å². The van der Waals surface area contributed by atoms with Crippen LogP contribution in [0.3, 0.4) is 0 Å². The summed E-state index contributed by atoms with van der Waals surface area (Å²) in [6, 6.07) is 29.3. The predicted octanol–water partition coefficient (Wildman–Crippen LogP) is 5.45. The van der Waals surface area contributed by atoms with E-state index in [1.54, 1.807) is 11.1 Å². The highest BCUT2D eigenvalue weighted by Gasteiger charge is 2.20. The lowest BCUT2D eigenvalue weighted by Crippen LogP contribution is -2.31. The van der Waals surface area contributed by atoms with E-state index in [1.807, 2.05) is 92.7 Å². The fraction of sp³-hybridized carbons (Fsp3) is 0.194. The number of hydrogen-bond acceptors (Lipinski definition) is 3. The van der Waals surface area contributed by atoms with E-state index in [9.17, 15) is 9.59 Å². The smallest absolute Gasteiger partial charge is 0.258 e. The Kier molecular flexibility index (Phi) is 8.24. The van der Waals surface area contributed by atoms with Crippen molar-refractivity contribution in [3.05, 3.63) is 131 Å². The third-order valence-corrected chi connectivity index (χ3v) is 6.10. The van der Waals surface area contributed by atoms with Crippen molar-refractivity contribution >= 4 is 17.5 Å². The third-order valence-electron chi connectivity index (χ3n) is 6.10. The van der Waals surface area contributed by atoms with Crippen molar-refractivity contribution in [3.63, 3.8) is 0 Å². The van der Waals surface area contributed by atoms with E-state index < -0.39 is 0 Å². The molecule has 36 heavy (non-hydrogen) atoms. The molecule has 0 aliphatic carbocycles.